The van der Waals surface area contributed by atoms with Gasteiger partial charge in [-0.15, -0.1) is 0 Å². The summed E-state index contributed by atoms with van der Waals surface area (Å²) < 4.78 is 31.7. The average molecular weight is 356 g/mol. The van der Waals surface area contributed by atoms with Gasteiger partial charge < -0.3 is 10.1 Å². The third-order valence-electron chi connectivity index (χ3n) is 3.43. The molecule has 0 aromatic heterocycles. The van der Waals surface area contributed by atoms with Crippen LogP contribution in [0.1, 0.15) is 12.5 Å². The first kappa shape index (κ1) is 17.8. The fourth-order valence-corrected chi connectivity index (χ4v) is 3.51. The number of morpholine rings is 1. The second-order valence-electron chi connectivity index (χ2n) is 4.93. The number of sulfonamides is 1. The molecule has 1 fully saturated rings. The summed E-state index contributed by atoms with van der Waals surface area (Å²) in [7, 11) is -1.77. The molecule has 9 heteroatoms. The lowest BCUT2D eigenvalue weighted by molar-refractivity contribution is 0.0730. The van der Waals surface area contributed by atoms with Crippen molar-refractivity contribution in [3.63, 3.8) is 0 Å². The van der Waals surface area contributed by atoms with Crippen molar-refractivity contribution in [1.82, 2.24) is 15.0 Å². The largest absolute Gasteiger partial charge is 0.379 e. The molecule has 0 atom stereocenters. The lowest BCUT2D eigenvalue weighted by atomic mass is 10.1. The standard InChI is InChI=1S/C14H20N4O3S2/c1-11(16-17-14(22)15-2)12-3-5-13(6-4-12)23(19,20)18-7-9-21-10-8-18/h3-6H,7-10H2,1-2H3,(H2,15,17,22)/b16-11+. The lowest BCUT2D eigenvalue weighted by Crippen LogP contribution is -2.40. The number of hydrogen-bond acceptors (Lipinski definition) is 5. The highest BCUT2D eigenvalue weighted by atomic mass is 32.2. The van der Waals surface area contributed by atoms with Crippen LogP contribution in [0.4, 0.5) is 0 Å². The van der Waals surface area contributed by atoms with E-state index in [1.54, 1.807) is 31.3 Å². The summed E-state index contributed by atoms with van der Waals surface area (Å²) >= 11 is 4.94. The van der Waals surface area contributed by atoms with Crippen molar-refractivity contribution < 1.29 is 13.2 Å². The number of ether oxygens (including phenoxy) is 1. The Kier molecular flexibility index (Phi) is 6.05. The topological polar surface area (TPSA) is 83.0 Å². The van der Waals surface area contributed by atoms with Crippen LogP contribution in [0, 0.1) is 0 Å². The van der Waals surface area contributed by atoms with Crippen molar-refractivity contribution in [3.8, 4) is 0 Å². The molecule has 1 aliphatic rings. The van der Waals surface area contributed by atoms with E-state index in [-0.39, 0.29) is 4.90 Å². The Morgan fingerprint density at radius 2 is 1.87 bits per heavy atom. The molecular formula is C14H20N4O3S2. The molecule has 0 unspecified atom stereocenters. The van der Waals surface area contributed by atoms with Crippen LogP contribution in [-0.2, 0) is 14.8 Å². The van der Waals surface area contributed by atoms with E-state index >= 15 is 0 Å². The number of hydrazone groups is 1. The number of rotatable bonds is 4. The van der Waals surface area contributed by atoms with Crippen LogP contribution >= 0.6 is 12.2 Å². The molecule has 1 aromatic carbocycles. The number of nitrogens with one attached hydrogen (secondary N) is 2. The van der Waals surface area contributed by atoms with Gasteiger partial charge in [-0.25, -0.2) is 8.42 Å². The number of thiocarbonyl (C=S) groups is 1. The monoisotopic (exact) mass is 356 g/mol. The predicted octanol–water partition coefficient (Wildman–Crippen LogP) is 0.525. The maximum absolute atomic E-state index is 12.5. The Bertz CT molecular complexity index is 680. The van der Waals surface area contributed by atoms with Gasteiger partial charge >= 0.3 is 0 Å². The van der Waals surface area contributed by atoms with Crippen LogP contribution in [0.5, 0.6) is 0 Å². The Morgan fingerprint density at radius 1 is 1.26 bits per heavy atom. The fourth-order valence-electron chi connectivity index (χ4n) is 2.06. The van der Waals surface area contributed by atoms with E-state index in [1.807, 2.05) is 6.92 Å². The molecular weight excluding hydrogens is 336 g/mol. The van der Waals surface area contributed by atoms with Gasteiger partial charge in [-0.1, -0.05) is 12.1 Å². The molecule has 1 aromatic rings. The Balaban J connectivity index is 2.14. The molecule has 23 heavy (non-hydrogen) atoms. The first-order chi connectivity index (χ1) is 10.9. The maximum atomic E-state index is 12.5. The number of nitrogens with zero attached hydrogens (tertiary/aromatic N) is 2. The highest BCUT2D eigenvalue weighted by molar-refractivity contribution is 7.89. The van der Waals surface area contributed by atoms with Crippen LogP contribution in [0.15, 0.2) is 34.3 Å². The number of hydrogen-bond donors (Lipinski definition) is 2. The van der Waals surface area contributed by atoms with Crippen molar-refractivity contribution >= 4 is 33.1 Å². The van der Waals surface area contributed by atoms with Gasteiger partial charge in [-0.05, 0) is 36.8 Å². The van der Waals surface area contributed by atoms with E-state index in [0.29, 0.717) is 37.1 Å². The Labute approximate surface area is 141 Å². The molecule has 2 rings (SSSR count). The molecule has 2 N–H and O–H groups in total. The SMILES string of the molecule is CNC(=S)N/N=C(\C)c1ccc(S(=O)(=O)N2CCOCC2)cc1. The van der Waals surface area contributed by atoms with Gasteiger partial charge in [0, 0.05) is 20.1 Å². The predicted molar refractivity (Wildman–Crippen MR) is 93.0 cm³/mol. The third kappa shape index (κ3) is 4.47. The fraction of sp³-hybridized carbons (Fsp3) is 0.429. The smallest absolute Gasteiger partial charge is 0.243 e. The quantitative estimate of drug-likeness (QED) is 0.465. The minimum atomic E-state index is -3.47. The highest BCUT2D eigenvalue weighted by Gasteiger charge is 2.26. The zero-order valence-corrected chi connectivity index (χ0v) is 14.7. The van der Waals surface area contributed by atoms with Gasteiger partial charge in [0.2, 0.25) is 10.0 Å². The first-order valence-electron chi connectivity index (χ1n) is 7.15. The van der Waals surface area contributed by atoms with E-state index < -0.39 is 10.0 Å². The summed E-state index contributed by atoms with van der Waals surface area (Å²) in [5.74, 6) is 0. The molecule has 1 saturated heterocycles. The molecule has 0 amide bonds. The second kappa shape index (κ2) is 7.82. The highest BCUT2D eigenvalue weighted by Crippen LogP contribution is 2.17. The lowest BCUT2D eigenvalue weighted by Gasteiger charge is -2.26. The summed E-state index contributed by atoms with van der Waals surface area (Å²) in [6.07, 6.45) is 0. The molecule has 0 bridgehead atoms. The van der Waals surface area contributed by atoms with Crippen molar-refractivity contribution in [2.45, 2.75) is 11.8 Å². The molecule has 1 heterocycles. The van der Waals surface area contributed by atoms with Gasteiger partial charge in [0.25, 0.3) is 0 Å². The van der Waals surface area contributed by atoms with Gasteiger partial charge in [0.15, 0.2) is 5.11 Å². The van der Waals surface area contributed by atoms with E-state index in [1.165, 1.54) is 4.31 Å². The molecule has 0 radical (unpaired) electrons. The molecule has 7 nitrogen and oxygen atoms in total. The van der Waals surface area contributed by atoms with Crippen molar-refractivity contribution in [3.05, 3.63) is 29.8 Å². The summed E-state index contributed by atoms with van der Waals surface area (Å²) in [4.78, 5) is 0.273. The molecule has 0 spiro atoms. The Morgan fingerprint density at radius 3 is 2.43 bits per heavy atom. The summed E-state index contributed by atoms with van der Waals surface area (Å²) in [6.45, 7) is 3.45. The van der Waals surface area contributed by atoms with E-state index in [0.717, 1.165) is 5.56 Å². The van der Waals surface area contributed by atoms with Crippen molar-refractivity contribution in [2.75, 3.05) is 33.4 Å². The zero-order valence-electron chi connectivity index (χ0n) is 13.1. The molecule has 1 aliphatic heterocycles. The first-order valence-corrected chi connectivity index (χ1v) is 9.00. The molecule has 0 saturated carbocycles. The van der Waals surface area contributed by atoms with Crippen LogP contribution in [0.2, 0.25) is 0 Å². The minimum absolute atomic E-state index is 0.273. The second-order valence-corrected chi connectivity index (χ2v) is 7.28. The van der Waals surface area contributed by atoms with Crippen LogP contribution in [-0.4, -0.2) is 56.9 Å². The summed E-state index contributed by atoms with van der Waals surface area (Å²) in [6, 6.07) is 6.65. The molecule has 126 valence electrons. The third-order valence-corrected chi connectivity index (χ3v) is 5.64. The average Bonchev–Trinajstić information content (AvgIpc) is 2.60. The normalized spacial score (nSPS) is 16.9. The van der Waals surface area contributed by atoms with Crippen molar-refractivity contribution in [2.24, 2.45) is 5.10 Å². The van der Waals surface area contributed by atoms with E-state index in [9.17, 15) is 8.42 Å². The number of benzene rings is 1. The van der Waals surface area contributed by atoms with Crippen LogP contribution in [0.25, 0.3) is 0 Å². The molecule has 0 aliphatic carbocycles. The minimum Gasteiger partial charge on any atom is -0.379 e. The summed E-state index contributed by atoms with van der Waals surface area (Å²) in [5.41, 5.74) is 4.22. The zero-order chi connectivity index (χ0) is 16.9. The van der Waals surface area contributed by atoms with Crippen LogP contribution in [0.3, 0.4) is 0 Å². The van der Waals surface area contributed by atoms with E-state index in [4.69, 9.17) is 17.0 Å². The van der Waals surface area contributed by atoms with E-state index in [2.05, 4.69) is 15.8 Å². The van der Waals surface area contributed by atoms with Gasteiger partial charge in [0.1, 0.15) is 0 Å². The van der Waals surface area contributed by atoms with Crippen LogP contribution < -0.4 is 10.7 Å². The van der Waals surface area contributed by atoms with Gasteiger partial charge in [-0.2, -0.15) is 9.41 Å². The van der Waals surface area contributed by atoms with Gasteiger partial charge in [0.05, 0.1) is 23.8 Å². The van der Waals surface area contributed by atoms with Gasteiger partial charge in [-0.3, -0.25) is 5.43 Å². The Hall–Kier alpha value is -1.55. The maximum Gasteiger partial charge on any atom is 0.243 e. The van der Waals surface area contributed by atoms with Crippen molar-refractivity contribution in [1.29, 1.82) is 0 Å². The summed E-state index contributed by atoms with van der Waals surface area (Å²) in [5, 5.41) is 7.30.